The molecule has 4 aromatic rings. The highest BCUT2D eigenvalue weighted by molar-refractivity contribution is 7.19. The minimum atomic E-state index is 1.05. The lowest BCUT2D eigenvalue weighted by Crippen LogP contribution is -2.04. The molecular formula is C29H34N4S2. The molecule has 8 rings (SSSR count). The molecule has 4 heterocycles. The fourth-order valence-corrected chi connectivity index (χ4v) is 9.42. The first-order valence-electron chi connectivity index (χ1n) is 13.6. The monoisotopic (exact) mass is 502 g/mol. The maximum absolute atomic E-state index is 6.54. The van der Waals surface area contributed by atoms with Crippen molar-refractivity contribution in [2.75, 3.05) is 11.5 Å². The second-order valence-corrected chi connectivity index (χ2v) is 12.9. The number of hydrogen-bond donors (Lipinski definition) is 2. The van der Waals surface area contributed by atoms with E-state index in [9.17, 15) is 0 Å². The van der Waals surface area contributed by atoms with Gasteiger partial charge in [0.2, 0.25) is 0 Å². The van der Waals surface area contributed by atoms with Crippen molar-refractivity contribution in [3.05, 3.63) is 43.4 Å². The summed E-state index contributed by atoms with van der Waals surface area (Å²) in [6.07, 6.45) is 18.4. The summed E-state index contributed by atoms with van der Waals surface area (Å²) in [5.41, 5.74) is 23.3. The molecule has 4 aromatic heterocycles. The van der Waals surface area contributed by atoms with Crippen LogP contribution in [-0.2, 0) is 51.4 Å². The Hall–Kier alpha value is -2.18. The van der Waals surface area contributed by atoms with Crippen molar-refractivity contribution in [1.82, 2.24) is 9.97 Å². The van der Waals surface area contributed by atoms with Gasteiger partial charge in [-0.15, -0.1) is 22.7 Å². The van der Waals surface area contributed by atoms with Gasteiger partial charge in [-0.3, -0.25) is 0 Å². The van der Waals surface area contributed by atoms with Crippen molar-refractivity contribution >= 4 is 54.5 Å². The molecular weight excluding hydrogens is 468 g/mol. The normalized spacial score (nSPS) is 18.5. The molecule has 4 N–H and O–H groups in total. The third-order valence-corrected chi connectivity index (χ3v) is 11.0. The molecule has 35 heavy (non-hydrogen) atoms. The van der Waals surface area contributed by atoms with Crippen molar-refractivity contribution < 1.29 is 0 Å². The molecule has 0 aromatic carbocycles. The van der Waals surface area contributed by atoms with E-state index in [1.807, 2.05) is 22.7 Å². The van der Waals surface area contributed by atoms with E-state index in [0.29, 0.717) is 0 Å². The minimum Gasteiger partial charge on any atom is -0.398 e. The molecule has 0 fully saturated rings. The van der Waals surface area contributed by atoms with Gasteiger partial charge in [0.05, 0.1) is 0 Å². The molecule has 0 spiro atoms. The van der Waals surface area contributed by atoms with Gasteiger partial charge >= 0.3 is 0 Å². The van der Waals surface area contributed by atoms with Gasteiger partial charge in [0.15, 0.2) is 0 Å². The van der Waals surface area contributed by atoms with Gasteiger partial charge < -0.3 is 11.5 Å². The summed E-state index contributed by atoms with van der Waals surface area (Å²) in [7, 11) is 0. The largest absolute Gasteiger partial charge is 0.398 e. The topological polar surface area (TPSA) is 77.8 Å². The van der Waals surface area contributed by atoms with Crippen LogP contribution < -0.4 is 11.5 Å². The number of pyridine rings is 2. The average molecular weight is 503 g/mol. The summed E-state index contributed by atoms with van der Waals surface area (Å²) >= 11 is 3.78. The van der Waals surface area contributed by atoms with Crippen molar-refractivity contribution in [3.8, 4) is 0 Å². The van der Waals surface area contributed by atoms with Gasteiger partial charge in [0.25, 0.3) is 0 Å². The Morgan fingerprint density at radius 2 is 0.886 bits per heavy atom. The molecule has 0 saturated carbocycles. The summed E-state index contributed by atoms with van der Waals surface area (Å²) in [6.45, 7) is 0. The Labute approximate surface area is 215 Å². The lowest BCUT2D eigenvalue weighted by atomic mass is 9.94. The molecule has 182 valence electrons. The highest BCUT2D eigenvalue weighted by Gasteiger charge is 2.25. The zero-order valence-corrected chi connectivity index (χ0v) is 22.1. The van der Waals surface area contributed by atoms with Crippen LogP contribution in [0.3, 0.4) is 0 Å². The maximum Gasteiger partial charge on any atom is 0.126 e. The van der Waals surface area contributed by atoms with Crippen molar-refractivity contribution in [3.63, 3.8) is 0 Å². The molecule has 4 aliphatic carbocycles. The van der Waals surface area contributed by atoms with E-state index in [2.05, 4.69) is 0 Å². The highest BCUT2D eigenvalue weighted by atomic mass is 32.1. The smallest absolute Gasteiger partial charge is 0.126 e. The number of nitrogens with zero attached hydrogens (tertiary/aromatic N) is 2. The predicted molar refractivity (Wildman–Crippen MR) is 150 cm³/mol. The lowest BCUT2D eigenvalue weighted by molar-refractivity contribution is 0.700. The van der Waals surface area contributed by atoms with E-state index in [1.54, 1.807) is 4.88 Å². The van der Waals surface area contributed by atoms with E-state index in [1.165, 1.54) is 130 Å². The second kappa shape index (κ2) is 8.74. The van der Waals surface area contributed by atoms with Crippen LogP contribution in [0.4, 0.5) is 11.4 Å². The van der Waals surface area contributed by atoms with Crippen LogP contribution in [0.15, 0.2) is 0 Å². The SMILES string of the molecule is Nc1c2c(nc3sc4c(c13)CCC4)CCC2.Nc1c2c(nc3sc4c(c13)CCCC4)CCCCC2. The fraction of sp³-hybridized carbons (Fsp3) is 0.517. The number of anilines is 2. The molecule has 0 saturated heterocycles. The standard InChI is InChI=1S/C16H20N2S.C13H14N2S/c17-15-10-6-2-1-3-8-12(10)18-16-14(15)11-7-4-5-9-13(11)19-16;14-12-7-3-1-5-9(7)15-13-11(12)8-4-2-6-10(8)16-13/h1-9H2,(H2,17,18);1-6H2,(H2,14,15). The Kier molecular flexibility index (Phi) is 5.50. The zero-order chi connectivity index (χ0) is 23.5. The molecule has 0 atom stereocenters. The average Bonchev–Trinajstić information content (AvgIpc) is 3.60. The van der Waals surface area contributed by atoms with Gasteiger partial charge in [0.1, 0.15) is 9.66 Å². The number of aromatic nitrogens is 2. The first-order valence-corrected chi connectivity index (χ1v) is 15.2. The number of hydrogen-bond acceptors (Lipinski definition) is 6. The molecule has 0 unspecified atom stereocenters. The van der Waals surface area contributed by atoms with Crippen LogP contribution in [0.1, 0.15) is 88.3 Å². The molecule has 0 aliphatic heterocycles. The van der Waals surface area contributed by atoms with E-state index in [0.717, 1.165) is 37.1 Å². The summed E-state index contributed by atoms with van der Waals surface area (Å²) in [6, 6.07) is 0. The van der Waals surface area contributed by atoms with Crippen molar-refractivity contribution in [2.45, 2.75) is 96.3 Å². The summed E-state index contributed by atoms with van der Waals surface area (Å²) < 4.78 is 0. The van der Waals surface area contributed by atoms with Crippen LogP contribution in [0.25, 0.3) is 20.4 Å². The number of nitrogen functional groups attached to an aromatic ring is 2. The van der Waals surface area contributed by atoms with Gasteiger partial charge in [-0.1, -0.05) is 6.42 Å². The minimum absolute atomic E-state index is 1.05. The van der Waals surface area contributed by atoms with Gasteiger partial charge in [-0.05, 0) is 112 Å². The third-order valence-electron chi connectivity index (χ3n) is 8.59. The summed E-state index contributed by atoms with van der Waals surface area (Å²) in [5.74, 6) is 0. The number of aryl methyl sites for hydroxylation is 6. The van der Waals surface area contributed by atoms with Crippen molar-refractivity contribution in [1.29, 1.82) is 0 Å². The molecule has 6 heteroatoms. The Bertz CT molecular complexity index is 1460. The number of nitrogens with two attached hydrogens (primary N) is 2. The van der Waals surface area contributed by atoms with Crippen LogP contribution in [0, 0.1) is 0 Å². The Balaban J connectivity index is 0.000000122. The first kappa shape index (κ1) is 22.1. The van der Waals surface area contributed by atoms with Crippen molar-refractivity contribution in [2.24, 2.45) is 0 Å². The quantitative estimate of drug-likeness (QED) is 0.257. The summed E-state index contributed by atoms with van der Waals surface area (Å²) in [5, 5.41) is 2.62. The molecule has 4 aliphatic rings. The third kappa shape index (κ3) is 3.59. The molecule has 0 amide bonds. The van der Waals surface area contributed by atoms with Crippen LogP contribution in [0.5, 0.6) is 0 Å². The zero-order valence-electron chi connectivity index (χ0n) is 20.5. The molecule has 0 bridgehead atoms. The van der Waals surface area contributed by atoms with E-state index in [4.69, 9.17) is 21.4 Å². The second-order valence-electron chi connectivity index (χ2n) is 10.7. The first-order chi connectivity index (χ1) is 17.2. The number of fused-ring (bicyclic) bond motifs is 8. The van der Waals surface area contributed by atoms with Gasteiger partial charge in [0, 0.05) is 43.3 Å². The summed E-state index contributed by atoms with van der Waals surface area (Å²) in [4.78, 5) is 15.3. The van der Waals surface area contributed by atoms with E-state index in [-0.39, 0.29) is 0 Å². The van der Waals surface area contributed by atoms with Gasteiger partial charge in [-0.25, -0.2) is 9.97 Å². The number of thiophene rings is 2. The Morgan fingerprint density at radius 3 is 1.57 bits per heavy atom. The van der Waals surface area contributed by atoms with E-state index < -0.39 is 0 Å². The maximum atomic E-state index is 6.54. The Morgan fingerprint density at radius 1 is 0.457 bits per heavy atom. The van der Waals surface area contributed by atoms with Gasteiger partial charge in [-0.2, -0.15) is 0 Å². The van der Waals surface area contributed by atoms with E-state index >= 15 is 0 Å². The fourth-order valence-electron chi connectivity index (χ4n) is 6.82. The highest BCUT2D eigenvalue weighted by Crippen LogP contribution is 2.43. The van der Waals surface area contributed by atoms with Crippen LogP contribution in [0.2, 0.25) is 0 Å². The molecule has 4 nitrogen and oxygen atoms in total. The number of rotatable bonds is 0. The molecule has 0 radical (unpaired) electrons. The van der Waals surface area contributed by atoms with Crippen LogP contribution >= 0.6 is 22.7 Å². The van der Waals surface area contributed by atoms with Crippen LogP contribution in [-0.4, -0.2) is 9.97 Å². The predicted octanol–water partition coefficient (Wildman–Crippen LogP) is 6.88. The lowest BCUT2D eigenvalue weighted by Gasteiger charge is -2.13.